The fraction of sp³-hybridized carbons (Fsp3) is 0.154. The Morgan fingerprint density at radius 2 is 1.89 bits per heavy atom. The number of hydrogen-bond donors (Lipinski definition) is 1. The van der Waals surface area contributed by atoms with Crippen molar-refractivity contribution in [3.63, 3.8) is 0 Å². The number of benzene rings is 1. The molecule has 0 bridgehead atoms. The summed E-state index contributed by atoms with van der Waals surface area (Å²) in [6.45, 7) is 3.42. The van der Waals surface area contributed by atoms with Crippen LogP contribution in [0.3, 0.4) is 0 Å². The molecule has 0 aliphatic rings. The van der Waals surface area contributed by atoms with Gasteiger partial charge in [0.25, 0.3) is 0 Å². The first kappa shape index (κ1) is 12.2. The predicted octanol–water partition coefficient (Wildman–Crippen LogP) is 2.60. The number of nitrogens with zero attached hydrogens (tertiary/aromatic N) is 2. The normalized spacial score (nSPS) is 10.4. The highest BCUT2D eigenvalue weighted by Gasteiger charge is 2.11. The standard InChI is InChI=1S/C13H11FN2O2/c1-7-3-9(6-10(14)4-7)12-15-8(2)5-11(16-12)13(17)18/h3-6H,1-2H3,(H,17,18). The van der Waals surface area contributed by atoms with E-state index in [1.807, 2.05) is 0 Å². The Morgan fingerprint density at radius 3 is 2.50 bits per heavy atom. The molecule has 1 N–H and O–H groups in total. The molecule has 0 saturated carbocycles. The van der Waals surface area contributed by atoms with Crippen LogP contribution in [0, 0.1) is 19.7 Å². The van der Waals surface area contributed by atoms with E-state index < -0.39 is 11.8 Å². The summed E-state index contributed by atoms with van der Waals surface area (Å²) < 4.78 is 13.3. The number of aromatic nitrogens is 2. The van der Waals surface area contributed by atoms with Gasteiger partial charge in [-0.3, -0.25) is 0 Å². The minimum Gasteiger partial charge on any atom is -0.477 e. The number of aryl methyl sites for hydroxylation is 2. The first-order valence-corrected chi connectivity index (χ1v) is 5.32. The zero-order valence-electron chi connectivity index (χ0n) is 9.94. The van der Waals surface area contributed by atoms with Crippen molar-refractivity contribution in [2.45, 2.75) is 13.8 Å². The van der Waals surface area contributed by atoms with Gasteiger partial charge in [0.1, 0.15) is 5.82 Å². The van der Waals surface area contributed by atoms with Gasteiger partial charge in [-0.05, 0) is 43.7 Å². The maximum atomic E-state index is 13.3. The maximum Gasteiger partial charge on any atom is 0.354 e. The first-order valence-electron chi connectivity index (χ1n) is 5.32. The van der Waals surface area contributed by atoms with Crippen LogP contribution >= 0.6 is 0 Å². The number of carboxylic acids is 1. The highest BCUT2D eigenvalue weighted by atomic mass is 19.1. The van der Waals surface area contributed by atoms with Gasteiger partial charge in [-0.1, -0.05) is 0 Å². The molecule has 1 aromatic heterocycles. The Balaban J connectivity index is 2.59. The summed E-state index contributed by atoms with van der Waals surface area (Å²) in [4.78, 5) is 18.9. The maximum absolute atomic E-state index is 13.3. The number of hydrogen-bond acceptors (Lipinski definition) is 3. The SMILES string of the molecule is Cc1cc(F)cc(-c2nc(C)cc(C(=O)O)n2)c1. The molecule has 2 aromatic rings. The minimum atomic E-state index is -1.13. The van der Waals surface area contributed by atoms with Crippen LogP contribution in [0.2, 0.25) is 0 Å². The van der Waals surface area contributed by atoms with E-state index in [0.717, 1.165) is 5.56 Å². The lowest BCUT2D eigenvalue weighted by Gasteiger charge is -2.05. The monoisotopic (exact) mass is 246 g/mol. The second-order valence-electron chi connectivity index (χ2n) is 4.04. The molecule has 0 aliphatic heterocycles. The van der Waals surface area contributed by atoms with Gasteiger partial charge in [0, 0.05) is 11.3 Å². The van der Waals surface area contributed by atoms with Crippen LogP contribution in [-0.2, 0) is 0 Å². The van der Waals surface area contributed by atoms with Gasteiger partial charge < -0.3 is 5.11 Å². The van der Waals surface area contributed by atoms with E-state index in [1.165, 1.54) is 18.2 Å². The molecular weight excluding hydrogens is 235 g/mol. The third-order valence-electron chi connectivity index (χ3n) is 2.37. The summed E-state index contributed by atoms with van der Waals surface area (Å²) in [5.74, 6) is -1.31. The summed E-state index contributed by atoms with van der Waals surface area (Å²) in [7, 11) is 0. The molecule has 0 fully saturated rings. The number of carboxylic acid groups (broad SMARTS) is 1. The van der Waals surface area contributed by atoms with E-state index >= 15 is 0 Å². The van der Waals surface area contributed by atoms with Crippen LogP contribution in [0.25, 0.3) is 11.4 Å². The molecular formula is C13H11FN2O2. The van der Waals surface area contributed by atoms with E-state index in [1.54, 1.807) is 19.9 Å². The van der Waals surface area contributed by atoms with E-state index in [0.29, 0.717) is 11.3 Å². The number of rotatable bonds is 2. The van der Waals surface area contributed by atoms with Crippen molar-refractivity contribution in [3.8, 4) is 11.4 Å². The van der Waals surface area contributed by atoms with Crippen molar-refractivity contribution < 1.29 is 14.3 Å². The lowest BCUT2D eigenvalue weighted by Crippen LogP contribution is -2.04. The summed E-state index contributed by atoms with van der Waals surface area (Å²) >= 11 is 0. The molecule has 1 aromatic carbocycles. The molecule has 0 atom stereocenters. The van der Waals surface area contributed by atoms with Gasteiger partial charge in [0.15, 0.2) is 11.5 Å². The molecule has 0 radical (unpaired) electrons. The Labute approximate surface area is 103 Å². The van der Waals surface area contributed by atoms with E-state index in [4.69, 9.17) is 5.11 Å². The average molecular weight is 246 g/mol. The third kappa shape index (κ3) is 2.51. The lowest BCUT2D eigenvalue weighted by molar-refractivity contribution is 0.0690. The van der Waals surface area contributed by atoms with Crippen LogP contribution in [0.4, 0.5) is 4.39 Å². The number of aromatic carboxylic acids is 1. The molecule has 18 heavy (non-hydrogen) atoms. The van der Waals surface area contributed by atoms with Gasteiger partial charge in [0.05, 0.1) is 0 Å². The fourth-order valence-corrected chi connectivity index (χ4v) is 1.67. The van der Waals surface area contributed by atoms with E-state index in [9.17, 15) is 9.18 Å². The van der Waals surface area contributed by atoms with Crippen LogP contribution in [-0.4, -0.2) is 21.0 Å². The number of carbonyl (C=O) groups is 1. The summed E-state index contributed by atoms with van der Waals surface area (Å²) in [6, 6.07) is 5.76. The van der Waals surface area contributed by atoms with Crippen LogP contribution in [0.15, 0.2) is 24.3 Å². The van der Waals surface area contributed by atoms with Gasteiger partial charge in [0.2, 0.25) is 0 Å². The van der Waals surface area contributed by atoms with Crippen molar-refractivity contribution in [2.24, 2.45) is 0 Å². The van der Waals surface area contributed by atoms with Gasteiger partial charge in [-0.15, -0.1) is 0 Å². The Hall–Kier alpha value is -2.30. The van der Waals surface area contributed by atoms with Crippen molar-refractivity contribution in [1.82, 2.24) is 9.97 Å². The Morgan fingerprint density at radius 1 is 1.17 bits per heavy atom. The fourth-order valence-electron chi connectivity index (χ4n) is 1.67. The average Bonchev–Trinajstić information content (AvgIpc) is 2.26. The third-order valence-corrected chi connectivity index (χ3v) is 2.37. The van der Waals surface area contributed by atoms with Gasteiger partial charge in [-0.2, -0.15) is 0 Å². The van der Waals surface area contributed by atoms with Crippen LogP contribution < -0.4 is 0 Å². The summed E-state index contributed by atoms with van der Waals surface area (Å²) in [5.41, 5.74) is 1.63. The molecule has 92 valence electrons. The highest BCUT2D eigenvalue weighted by molar-refractivity contribution is 5.86. The minimum absolute atomic E-state index is 0.0978. The topological polar surface area (TPSA) is 63.1 Å². The predicted molar refractivity (Wildman–Crippen MR) is 63.9 cm³/mol. The van der Waals surface area contributed by atoms with E-state index in [-0.39, 0.29) is 11.5 Å². The second-order valence-corrected chi connectivity index (χ2v) is 4.04. The van der Waals surface area contributed by atoms with Crippen molar-refractivity contribution in [2.75, 3.05) is 0 Å². The first-order chi connectivity index (χ1) is 8.45. The van der Waals surface area contributed by atoms with Crippen molar-refractivity contribution >= 4 is 5.97 Å². The van der Waals surface area contributed by atoms with Crippen molar-refractivity contribution in [3.05, 3.63) is 47.0 Å². The number of halogens is 1. The van der Waals surface area contributed by atoms with Gasteiger partial charge >= 0.3 is 5.97 Å². The molecule has 0 saturated heterocycles. The zero-order valence-corrected chi connectivity index (χ0v) is 9.94. The molecule has 0 unspecified atom stereocenters. The largest absolute Gasteiger partial charge is 0.477 e. The molecule has 0 spiro atoms. The molecule has 4 nitrogen and oxygen atoms in total. The molecule has 5 heteroatoms. The Kier molecular flexibility index (Phi) is 3.06. The smallest absolute Gasteiger partial charge is 0.354 e. The molecule has 1 heterocycles. The Bertz CT molecular complexity index is 606. The van der Waals surface area contributed by atoms with E-state index in [2.05, 4.69) is 9.97 Å². The summed E-state index contributed by atoms with van der Waals surface area (Å²) in [6.07, 6.45) is 0. The lowest BCUT2D eigenvalue weighted by atomic mass is 10.1. The van der Waals surface area contributed by atoms with Crippen LogP contribution in [0.1, 0.15) is 21.7 Å². The highest BCUT2D eigenvalue weighted by Crippen LogP contribution is 2.19. The second kappa shape index (κ2) is 4.52. The quantitative estimate of drug-likeness (QED) is 0.884. The van der Waals surface area contributed by atoms with Crippen molar-refractivity contribution in [1.29, 1.82) is 0 Å². The molecule has 0 amide bonds. The zero-order chi connectivity index (χ0) is 13.3. The summed E-state index contributed by atoms with van der Waals surface area (Å²) in [5, 5.41) is 8.93. The molecule has 2 rings (SSSR count). The molecule has 0 aliphatic carbocycles. The van der Waals surface area contributed by atoms with Crippen LogP contribution in [0.5, 0.6) is 0 Å². The van der Waals surface area contributed by atoms with Gasteiger partial charge in [-0.25, -0.2) is 19.2 Å².